The Hall–Kier alpha value is -2.54. The first-order chi connectivity index (χ1) is 11.6. The standard InChI is InChI=1S/C17H18N4O2S/c1-12-18-15(20-23-12)8-9-21(2)17(22)14-11-24-16(19-14)10-13-6-4-3-5-7-13/h3-7,11H,8-10H2,1-2H3. The summed E-state index contributed by atoms with van der Waals surface area (Å²) in [5, 5.41) is 6.59. The van der Waals surface area contributed by atoms with Gasteiger partial charge in [-0.3, -0.25) is 4.79 Å². The number of carbonyl (C=O) groups excluding carboxylic acids is 1. The number of carbonyl (C=O) groups is 1. The van der Waals surface area contributed by atoms with Gasteiger partial charge in [-0.15, -0.1) is 11.3 Å². The average molecular weight is 342 g/mol. The molecule has 1 aromatic carbocycles. The van der Waals surface area contributed by atoms with Gasteiger partial charge in [0.2, 0.25) is 5.89 Å². The van der Waals surface area contributed by atoms with E-state index in [-0.39, 0.29) is 5.91 Å². The minimum absolute atomic E-state index is 0.0919. The van der Waals surface area contributed by atoms with Crippen LogP contribution in [0.5, 0.6) is 0 Å². The Kier molecular flexibility index (Phi) is 5.00. The van der Waals surface area contributed by atoms with E-state index in [1.54, 1.807) is 18.9 Å². The van der Waals surface area contributed by atoms with Crippen LogP contribution in [0.3, 0.4) is 0 Å². The molecule has 6 nitrogen and oxygen atoms in total. The predicted octanol–water partition coefficient (Wildman–Crippen LogP) is 2.74. The number of hydrogen-bond donors (Lipinski definition) is 0. The molecule has 0 saturated carbocycles. The molecule has 2 heterocycles. The molecule has 0 aliphatic carbocycles. The number of aryl methyl sites for hydroxylation is 1. The van der Waals surface area contributed by atoms with Crippen molar-refractivity contribution in [3.63, 3.8) is 0 Å². The smallest absolute Gasteiger partial charge is 0.273 e. The van der Waals surface area contributed by atoms with E-state index in [1.807, 2.05) is 23.6 Å². The van der Waals surface area contributed by atoms with E-state index >= 15 is 0 Å². The monoisotopic (exact) mass is 342 g/mol. The molecule has 3 aromatic rings. The van der Waals surface area contributed by atoms with Crippen LogP contribution in [0.1, 0.15) is 32.8 Å². The van der Waals surface area contributed by atoms with Crippen molar-refractivity contribution < 1.29 is 9.32 Å². The van der Waals surface area contributed by atoms with Gasteiger partial charge in [-0.1, -0.05) is 35.5 Å². The highest BCUT2D eigenvalue weighted by molar-refractivity contribution is 7.09. The van der Waals surface area contributed by atoms with Gasteiger partial charge in [0, 0.05) is 38.7 Å². The largest absolute Gasteiger partial charge is 0.340 e. The molecule has 1 amide bonds. The normalized spacial score (nSPS) is 10.8. The second-order valence-corrected chi connectivity index (χ2v) is 6.44. The highest BCUT2D eigenvalue weighted by atomic mass is 32.1. The van der Waals surface area contributed by atoms with Crippen molar-refractivity contribution in [3.05, 3.63) is 63.7 Å². The van der Waals surface area contributed by atoms with Crippen molar-refractivity contribution in [2.24, 2.45) is 0 Å². The molecule has 7 heteroatoms. The van der Waals surface area contributed by atoms with E-state index in [2.05, 4.69) is 27.3 Å². The lowest BCUT2D eigenvalue weighted by Crippen LogP contribution is -2.29. The van der Waals surface area contributed by atoms with Gasteiger partial charge in [0.1, 0.15) is 5.69 Å². The summed E-state index contributed by atoms with van der Waals surface area (Å²) in [5.41, 5.74) is 1.67. The Bertz CT molecular complexity index is 813. The van der Waals surface area contributed by atoms with E-state index in [9.17, 15) is 4.79 Å². The average Bonchev–Trinajstić information content (AvgIpc) is 3.22. The second-order valence-electron chi connectivity index (χ2n) is 5.50. The Morgan fingerprint density at radius 1 is 1.25 bits per heavy atom. The van der Waals surface area contributed by atoms with Gasteiger partial charge in [-0.2, -0.15) is 4.98 Å². The van der Waals surface area contributed by atoms with Crippen molar-refractivity contribution in [1.29, 1.82) is 0 Å². The lowest BCUT2D eigenvalue weighted by molar-refractivity contribution is 0.0790. The highest BCUT2D eigenvalue weighted by Crippen LogP contribution is 2.16. The number of hydrogen-bond acceptors (Lipinski definition) is 6. The fourth-order valence-electron chi connectivity index (χ4n) is 2.27. The molecule has 0 unspecified atom stereocenters. The molecule has 2 aromatic heterocycles. The van der Waals surface area contributed by atoms with E-state index in [0.717, 1.165) is 11.4 Å². The topological polar surface area (TPSA) is 72.1 Å². The van der Waals surface area contributed by atoms with Crippen LogP contribution >= 0.6 is 11.3 Å². The molecular weight excluding hydrogens is 324 g/mol. The molecule has 0 bridgehead atoms. The van der Waals surface area contributed by atoms with Crippen molar-refractivity contribution in [1.82, 2.24) is 20.0 Å². The molecule has 0 saturated heterocycles. The maximum Gasteiger partial charge on any atom is 0.273 e. The Morgan fingerprint density at radius 2 is 2.04 bits per heavy atom. The zero-order valence-corrected chi connectivity index (χ0v) is 14.4. The number of likely N-dealkylation sites (N-methyl/N-ethyl adjacent to an activating group) is 1. The molecule has 124 valence electrons. The van der Waals surface area contributed by atoms with E-state index in [4.69, 9.17) is 4.52 Å². The zero-order valence-electron chi connectivity index (χ0n) is 13.6. The molecule has 0 N–H and O–H groups in total. The second kappa shape index (κ2) is 7.35. The Morgan fingerprint density at radius 3 is 2.75 bits per heavy atom. The fourth-order valence-corrected chi connectivity index (χ4v) is 3.07. The van der Waals surface area contributed by atoms with E-state index < -0.39 is 0 Å². The minimum Gasteiger partial charge on any atom is -0.340 e. The van der Waals surface area contributed by atoms with Crippen LogP contribution in [0, 0.1) is 6.92 Å². The highest BCUT2D eigenvalue weighted by Gasteiger charge is 2.16. The molecular formula is C17H18N4O2S. The molecule has 0 atom stereocenters. The predicted molar refractivity (Wildman–Crippen MR) is 91.1 cm³/mol. The first kappa shape index (κ1) is 16.3. The summed E-state index contributed by atoms with van der Waals surface area (Å²) < 4.78 is 4.93. The molecule has 3 rings (SSSR count). The third kappa shape index (κ3) is 4.05. The van der Waals surface area contributed by atoms with Crippen molar-refractivity contribution in [2.45, 2.75) is 19.8 Å². The van der Waals surface area contributed by atoms with Gasteiger partial charge in [0.25, 0.3) is 5.91 Å². The molecule has 0 radical (unpaired) electrons. The maximum atomic E-state index is 12.4. The van der Waals surface area contributed by atoms with Crippen LogP contribution < -0.4 is 0 Å². The zero-order chi connectivity index (χ0) is 16.9. The van der Waals surface area contributed by atoms with Crippen molar-refractivity contribution in [2.75, 3.05) is 13.6 Å². The van der Waals surface area contributed by atoms with Gasteiger partial charge >= 0.3 is 0 Å². The van der Waals surface area contributed by atoms with Crippen molar-refractivity contribution in [3.8, 4) is 0 Å². The first-order valence-corrected chi connectivity index (χ1v) is 8.53. The summed E-state index contributed by atoms with van der Waals surface area (Å²) in [6, 6.07) is 10.1. The SMILES string of the molecule is Cc1nc(CCN(C)C(=O)c2csc(Cc3ccccc3)n2)no1. The van der Waals surface area contributed by atoms with Crippen LogP contribution in [0.15, 0.2) is 40.2 Å². The fraction of sp³-hybridized carbons (Fsp3) is 0.294. The minimum atomic E-state index is -0.0919. The number of rotatable bonds is 6. The van der Waals surface area contributed by atoms with Crippen molar-refractivity contribution >= 4 is 17.2 Å². The maximum absolute atomic E-state index is 12.4. The molecule has 0 aliphatic rings. The number of nitrogens with zero attached hydrogens (tertiary/aromatic N) is 4. The van der Waals surface area contributed by atoms with Crippen LogP contribution in [-0.2, 0) is 12.8 Å². The van der Waals surface area contributed by atoms with Gasteiger partial charge in [0.15, 0.2) is 5.82 Å². The summed E-state index contributed by atoms with van der Waals surface area (Å²) in [5.74, 6) is 1.05. The molecule has 0 spiro atoms. The van der Waals surface area contributed by atoms with Gasteiger partial charge in [-0.05, 0) is 5.56 Å². The van der Waals surface area contributed by atoms with Gasteiger partial charge < -0.3 is 9.42 Å². The molecule has 24 heavy (non-hydrogen) atoms. The number of thiazole rings is 1. The third-order valence-electron chi connectivity index (χ3n) is 3.56. The first-order valence-electron chi connectivity index (χ1n) is 7.65. The summed E-state index contributed by atoms with van der Waals surface area (Å²) in [4.78, 5) is 22.7. The quantitative estimate of drug-likeness (QED) is 0.689. The lowest BCUT2D eigenvalue weighted by Gasteiger charge is -2.14. The van der Waals surface area contributed by atoms with Crippen LogP contribution in [-0.4, -0.2) is 39.5 Å². The van der Waals surface area contributed by atoms with Crippen LogP contribution in [0.2, 0.25) is 0 Å². The summed E-state index contributed by atoms with van der Waals surface area (Å²) in [6.45, 7) is 2.26. The third-order valence-corrected chi connectivity index (χ3v) is 4.41. The van der Waals surface area contributed by atoms with Gasteiger partial charge in [-0.25, -0.2) is 4.98 Å². The van der Waals surface area contributed by atoms with E-state index in [0.29, 0.717) is 30.4 Å². The Balaban J connectivity index is 1.58. The molecule has 0 fully saturated rings. The Labute approximate surface area is 144 Å². The van der Waals surface area contributed by atoms with Gasteiger partial charge in [0.05, 0.1) is 5.01 Å². The summed E-state index contributed by atoms with van der Waals surface area (Å²) >= 11 is 1.51. The van der Waals surface area contributed by atoms with Crippen LogP contribution in [0.25, 0.3) is 0 Å². The molecule has 0 aliphatic heterocycles. The van der Waals surface area contributed by atoms with Crippen LogP contribution in [0.4, 0.5) is 0 Å². The lowest BCUT2D eigenvalue weighted by atomic mass is 10.2. The van der Waals surface area contributed by atoms with E-state index in [1.165, 1.54) is 16.9 Å². The number of aromatic nitrogens is 3. The number of amides is 1. The summed E-state index contributed by atoms with van der Waals surface area (Å²) in [7, 11) is 1.76. The summed E-state index contributed by atoms with van der Waals surface area (Å²) in [6.07, 6.45) is 1.30. The number of benzene rings is 1.